The smallest absolute Gasteiger partial charge is 0.259 e. The molecule has 0 N–H and O–H groups in total. The molecule has 1 aromatic rings. The molecule has 3 heteroatoms. The van der Waals surface area contributed by atoms with Crippen LogP contribution in [0.1, 0.15) is 49.5 Å². The Morgan fingerprint density at radius 2 is 1.84 bits per heavy atom. The second kappa shape index (κ2) is 4.41. The molecule has 0 bridgehead atoms. The van der Waals surface area contributed by atoms with Gasteiger partial charge in [0.1, 0.15) is 0 Å². The minimum Gasteiger partial charge on any atom is -0.307 e. The maximum atomic E-state index is 12.4. The third-order valence-electron chi connectivity index (χ3n) is 3.41. The van der Waals surface area contributed by atoms with Crippen molar-refractivity contribution in [3.63, 3.8) is 0 Å². The van der Waals surface area contributed by atoms with E-state index in [0.717, 1.165) is 30.5 Å². The van der Waals surface area contributed by atoms with Crippen molar-refractivity contribution in [2.75, 3.05) is 6.54 Å². The van der Waals surface area contributed by atoms with E-state index in [9.17, 15) is 4.79 Å². The first-order valence-electron chi connectivity index (χ1n) is 6.81. The van der Waals surface area contributed by atoms with E-state index in [1.54, 1.807) is 0 Å². The summed E-state index contributed by atoms with van der Waals surface area (Å²) in [6.07, 6.45) is 2.16. The lowest BCUT2D eigenvalue weighted by Crippen LogP contribution is -2.28. The summed E-state index contributed by atoms with van der Waals surface area (Å²) in [5, 5.41) is 0. The molecule has 1 amide bonds. The number of rotatable bonds is 1. The van der Waals surface area contributed by atoms with Gasteiger partial charge in [0.25, 0.3) is 5.91 Å². The molecule has 1 aromatic carbocycles. The average Bonchev–Trinajstić information content (AvgIpc) is 2.63. The monoisotopic (exact) mass is 273 g/mol. The van der Waals surface area contributed by atoms with E-state index in [1.807, 2.05) is 34.9 Å². The first-order chi connectivity index (χ1) is 8.97. The van der Waals surface area contributed by atoms with Gasteiger partial charge in [-0.05, 0) is 18.9 Å². The van der Waals surface area contributed by atoms with Crippen molar-refractivity contribution >= 4 is 23.4 Å². The largest absolute Gasteiger partial charge is 0.307 e. The predicted octanol–water partition coefficient (Wildman–Crippen LogP) is 4.14. The summed E-state index contributed by atoms with van der Waals surface area (Å²) in [5.41, 5.74) is 3.16. The van der Waals surface area contributed by atoms with Gasteiger partial charge in [0, 0.05) is 27.3 Å². The van der Waals surface area contributed by atoms with Crippen molar-refractivity contribution in [2.45, 2.75) is 38.4 Å². The van der Waals surface area contributed by atoms with Gasteiger partial charge in [0.15, 0.2) is 0 Å². The predicted molar refractivity (Wildman–Crippen MR) is 81.0 cm³/mol. The van der Waals surface area contributed by atoms with Crippen LogP contribution in [0.25, 0.3) is 5.70 Å². The van der Waals surface area contributed by atoms with Gasteiger partial charge < -0.3 is 4.90 Å². The minimum atomic E-state index is 0.178. The highest BCUT2D eigenvalue weighted by molar-refractivity contribution is 8.04. The van der Waals surface area contributed by atoms with Crippen LogP contribution in [0.4, 0.5) is 0 Å². The number of carbonyl (C=O) groups excluding carboxylic acids is 1. The van der Waals surface area contributed by atoms with Crippen LogP contribution >= 0.6 is 11.8 Å². The van der Waals surface area contributed by atoms with E-state index in [2.05, 4.69) is 26.8 Å². The molecule has 3 rings (SSSR count). The lowest BCUT2D eigenvalue weighted by atomic mass is 10.1. The molecule has 0 spiro atoms. The van der Waals surface area contributed by atoms with Gasteiger partial charge in [-0.15, -0.1) is 11.8 Å². The fourth-order valence-corrected chi connectivity index (χ4v) is 4.07. The molecule has 0 aromatic heterocycles. The topological polar surface area (TPSA) is 20.3 Å². The summed E-state index contributed by atoms with van der Waals surface area (Å²) in [6.45, 7) is 7.55. The maximum absolute atomic E-state index is 12.4. The molecular weight excluding hydrogens is 254 g/mol. The van der Waals surface area contributed by atoms with Gasteiger partial charge in [-0.1, -0.05) is 39.0 Å². The summed E-state index contributed by atoms with van der Waals surface area (Å²) in [7, 11) is 0. The van der Waals surface area contributed by atoms with Crippen molar-refractivity contribution in [3.8, 4) is 0 Å². The average molecular weight is 273 g/mol. The van der Waals surface area contributed by atoms with Gasteiger partial charge in [0.05, 0.1) is 5.70 Å². The van der Waals surface area contributed by atoms with E-state index in [0.29, 0.717) is 0 Å². The number of benzene rings is 1. The summed E-state index contributed by atoms with van der Waals surface area (Å²) < 4.78 is 0.186. The maximum Gasteiger partial charge on any atom is 0.259 e. The van der Waals surface area contributed by atoms with Crippen molar-refractivity contribution in [1.82, 2.24) is 4.90 Å². The number of hydrogen-bond donors (Lipinski definition) is 0. The molecule has 2 nitrogen and oxygen atoms in total. The zero-order chi connectivity index (χ0) is 13.6. The fraction of sp³-hybridized carbons (Fsp3) is 0.438. The van der Waals surface area contributed by atoms with Gasteiger partial charge >= 0.3 is 0 Å². The molecular formula is C16H19NOS. The Labute approximate surface area is 118 Å². The molecule has 100 valence electrons. The number of amides is 1. The Bertz CT molecular complexity index is 568. The molecule has 2 aliphatic rings. The highest BCUT2D eigenvalue weighted by Gasteiger charge is 2.36. The van der Waals surface area contributed by atoms with Crippen LogP contribution in [0.5, 0.6) is 0 Å². The van der Waals surface area contributed by atoms with Crippen LogP contribution in [-0.2, 0) is 0 Å². The van der Waals surface area contributed by atoms with Gasteiger partial charge in [-0.3, -0.25) is 4.79 Å². The standard InChI is InChI=1S/C16H19NOS/c1-16(2,3)19-13-9-6-10-17-14(13)11-7-4-5-8-12(11)15(17)18/h4-5,7-8H,6,9-10H2,1-3H3. The summed E-state index contributed by atoms with van der Waals surface area (Å²) in [6, 6.07) is 8.00. The normalized spacial score (nSPS) is 18.7. The number of nitrogens with zero attached hydrogens (tertiary/aromatic N) is 1. The molecule has 2 heterocycles. The zero-order valence-corrected chi connectivity index (χ0v) is 12.5. The van der Waals surface area contributed by atoms with E-state index in [-0.39, 0.29) is 10.7 Å². The molecule has 0 unspecified atom stereocenters. The molecule has 0 fully saturated rings. The SMILES string of the molecule is CC(C)(C)SC1=C2c3ccccc3C(=O)N2CCC1. The molecule has 19 heavy (non-hydrogen) atoms. The lowest BCUT2D eigenvalue weighted by molar-refractivity contribution is 0.0845. The highest BCUT2D eigenvalue weighted by atomic mass is 32.2. The van der Waals surface area contributed by atoms with Gasteiger partial charge in [-0.25, -0.2) is 0 Å². The van der Waals surface area contributed by atoms with E-state index >= 15 is 0 Å². The Kier molecular flexibility index (Phi) is 2.97. The summed E-state index contributed by atoms with van der Waals surface area (Å²) in [5.74, 6) is 0.178. The van der Waals surface area contributed by atoms with Crippen LogP contribution in [0.3, 0.4) is 0 Å². The lowest BCUT2D eigenvalue weighted by Gasteiger charge is -2.30. The van der Waals surface area contributed by atoms with E-state index < -0.39 is 0 Å². The quantitative estimate of drug-likeness (QED) is 0.766. The number of carbonyl (C=O) groups is 1. The van der Waals surface area contributed by atoms with Crippen LogP contribution in [0, 0.1) is 0 Å². The van der Waals surface area contributed by atoms with Crippen molar-refractivity contribution in [1.29, 1.82) is 0 Å². The van der Waals surface area contributed by atoms with E-state index in [4.69, 9.17) is 0 Å². The summed E-state index contributed by atoms with van der Waals surface area (Å²) in [4.78, 5) is 15.8. The Hall–Kier alpha value is -1.22. The second-order valence-electron chi connectivity index (χ2n) is 6.09. The first-order valence-corrected chi connectivity index (χ1v) is 7.62. The number of thioether (sulfide) groups is 1. The fourth-order valence-electron chi connectivity index (χ4n) is 2.77. The zero-order valence-electron chi connectivity index (χ0n) is 11.7. The van der Waals surface area contributed by atoms with E-state index in [1.165, 1.54) is 10.6 Å². The Morgan fingerprint density at radius 1 is 1.16 bits per heavy atom. The van der Waals surface area contributed by atoms with Crippen molar-refractivity contribution < 1.29 is 4.79 Å². The van der Waals surface area contributed by atoms with Crippen LogP contribution < -0.4 is 0 Å². The molecule has 0 saturated carbocycles. The molecule has 0 saturated heterocycles. The number of allylic oxidation sites excluding steroid dienone is 1. The Morgan fingerprint density at radius 3 is 2.53 bits per heavy atom. The van der Waals surface area contributed by atoms with Gasteiger partial charge in [0.2, 0.25) is 0 Å². The van der Waals surface area contributed by atoms with Crippen molar-refractivity contribution in [3.05, 3.63) is 40.3 Å². The third kappa shape index (κ3) is 2.20. The molecule has 0 aliphatic carbocycles. The minimum absolute atomic E-state index is 0.178. The molecule has 2 aliphatic heterocycles. The van der Waals surface area contributed by atoms with Gasteiger partial charge in [-0.2, -0.15) is 0 Å². The summed E-state index contributed by atoms with van der Waals surface area (Å²) >= 11 is 1.91. The Balaban J connectivity index is 2.13. The first kappa shape index (κ1) is 12.8. The van der Waals surface area contributed by atoms with Crippen LogP contribution in [0.15, 0.2) is 29.2 Å². The second-order valence-corrected chi connectivity index (χ2v) is 8.01. The third-order valence-corrected chi connectivity index (χ3v) is 4.66. The number of hydrogen-bond acceptors (Lipinski definition) is 2. The highest BCUT2D eigenvalue weighted by Crippen LogP contribution is 2.46. The van der Waals surface area contributed by atoms with Crippen LogP contribution in [0.2, 0.25) is 0 Å². The van der Waals surface area contributed by atoms with Crippen molar-refractivity contribution in [2.24, 2.45) is 0 Å². The number of fused-ring (bicyclic) bond motifs is 3. The molecule has 0 atom stereocenters. The molecule has 0 radical (unpaired) electrons. The van der Waals surface area contributed by atoms with Crippen LogP contribution in [-0.4, -0.2) is 22.1 Å².